The van der Waals surface area contributed by atoms with Crippen molar-refractivity contribution >= 4 is 15.8 Å². The third kappa shape index (κ3) is 3.39. The molecule has 0 aliphatic heterocycles. The molecular formula is C14H12N2O7S. The van der Waals surface area contributed by atoms with Crippen LogP contribution < -0.4 is 0 Å². The van der Waals surface area contributed by atoms with E-state index in [0.717, 1.165) is 18.2 Å². The predicted molar refractivity (Wildman–Crippen MR) is 82.9 cm³/mol. The van der Waals surface area contributed by atoms with Crippen LogP contribution in [0.25, 0.3) is 0 Å². The predicted octanol–water partition coefficient (Wildman–Crippen LogP) is 2.52. The van der Waals surface area contributed by atoms with Crippen LogP contribution in [-0.2, 0) is 10.1 Å². The molecule has 0 saturated heterocycles. The molecule has 0 aliphatic rings. The summed E-state index contributed by atoms with van der Waals surface area (Å²) in [6.07, 6.45) is 0. The lowest BCUT2D eigenvalue weighted by molar-refractivity contribution is -0.519. The van der Waals surface area contributed by atoms with E-state index in [1.165, 1.54) is 31.2 Å². The van der Waals surface area contributed by atoms with Gasteiger partial charge in [-0.1, -0.05) is 18.2 Å². The van der Waals surface area contributed by atoms with Crippen LogP contribution in [0.3, 0.4) is 0 Å². The van der Waals surface area contributed by atoms with Crippen molar-refractivity contribution in [2.75, 3.05) is 0 Å². The fraction of sp³-hybridized carbons (Fsp3) is 0.143. The highest BCUT2D eigenvalue weighted by atomic mass is 32.2. The number of aryl methyl sites for hydroxylation is 1. The maximum Gasteiger partial charge on any atom is 0.294 e. The van der Waals surface area contributed by atoms with E-state index in [-0.39, 0.29) is 11.1 Å². The lowest BCUT2D eigenvalue weighted by atomic mass is 9.94. The number of hydrogen-bond donors (Lipinski definition) is 1. The molecule has 0 fully saturated rings. The average Bonchev–Trinajstić information content (AvgIpc) is 2.48. The van der Waals surface area contributed by atoms with Crippen LogP contribution >= 0.6 is 0 Å². The number of rotatable bonds is 5. The number of para-hydroxylation sites is 1. The Hall–Kier alpha value is -2.85. The van der Waals surface area contributed by atoms with E-state index < -0.39 is 36.6 Å². The van der Waals surface area contributed by atoms with Crippen molar-refractivity contribution in [2.24, 2.45) is 0 Å². The first-order chi connectivity index (χ1) is 11.1. The Kier molecular flexibility index (Phi) is 4.62. The van der Waals surface area contributed by atoms with Crippen molar-refractivity contribution in [3.05, 3.63) is 79.4 Å². The van der Waals surface area contributed by atoms with Crippen molar-refractivity contribution in [3.63, 3.8) is 0 Å². The Morgan fingerprint density at radius 2 is 1.67 bits per heavy atom. The van der Waals surface area contributed by atoms with Gasteiger partial charge in [-0.3, -0.25) is 24.8 Å². The second kappa shape index (κ2) is 6.34. The van der Waals surface area contributed by atoms with Crippen LogP contribution in [-0.4, -0.2) is 22.8 Å². The summed E-state index contributed by atoms with van der Waals surface area (Å²) in [7, 11) is -4.57. The molecule has 0 heterocycles. The van der Waals surface area contributed by atoms with E-state index in [0.29, 0.717) is 5.56 Å². The summed E-state index contributed by atoms with van der Waals surface area (Å²) in [5.41, 5.74) is -0.314. The second-order valence-corrected chi connectivity index (χ2v) is 6.42. The fourth-order valence-electron chi connectivity index (χ4n) is 2.35. The minimum Gasteiger partial charge on any atom is -0.282 e. The van der Waals surface area contributed by atoms with E-state index in [1.807, 2.05) is 0 Å². The van der Waals surface area contributed by atoms with Crippen LogP contribution in [0.5, 0.6) is 0 Å². The van der Waals surface area contributed by atoms with Gasteiger partial charge in [-0.25, -0.2) is 0 Å². The summed E-state index contributed by atoms with van der Waals surface area (Å²) in [6.45, 7) is 1.51. The zero-order valence-electron chi connectivity index (χ0n) is 12.3. The molecule has 0 saturated carbocycles. The number of benzene rings is 2. The first-order valence-corrected chi connectivity index (χ1v) is 8.01. The maximum absolute atomic E-state index is 11.6. The van der Waals surface area contributed by atoms with Gasteiger partial charge in [0.15, 0.2) is 0 Å². The maximum atomic E-state index is 11.6. The van der Waals surface area contributed by atoms with Crippen LogP contribution in [0.1, 0.15) is 22.7 Å². The van der Waals surface area contributed by atoms with Crippen molar-refractivity contribution in [1.29, 1.82) is 0 Å². The number of hydrogen-bond acceptors (Lipinski definition) is 6. The van der Waals surface area contributed by atoms with Gasteiger partial charge in [0.25, 0.3) is 21.8 Å². The van der Waals surface area contributed by atoms with E-state index >= 15 is 0 Å². The molecule has 0 aliphatic carbocycles. The first kappa shape index (κ1) is 17.5. The third-order valence-electron chi connectivity index (χ3n) is 3.48. The second-order valence-electron chi connectivity index (χ2n) is 5.00. The molecule has 9 nitrogen and oxygen atoms in total. The van der Waals surface area contributed by atoms with E-state index in [1.54, 1.807) is 0 Å². The van der Waals surface area contributed by atoms with E-state index in [9.17, 15) is 28.6 Å². The van der Waals surface area contributed by atoms with Crippen LogP contribution in [0.15, 0.2) is 47.4 Å². The van der Waals surface area contributed by atoms with Gasteiger partial charge < -0.3 is 0 Å². The third-order valence-corrected chi connectivity index (χ3v) is 4.33. The summed E-state index contributed by atoms with van der Waals surface area (Å²) < 4.78 is 31.7. The molecule has 10 heteroatoms. The molecule has 0 bridgehead atoms. The monoisotopic (exact) mass is 352 g/mol. The molecular weight excluding hydrogens is 340 g/mol. The fourth-order valence-corrected chi connectivity index (χ4v) is 2.87. The summed E-state index contributed by atoms with van der Waals surface area (Å²) in [6, 6.07) is 6.87. The largest absolute Gasteiger partial charge is 0.294 e. The van der Waals surface area contributed by atoms with E-state index in [4.69, 9.17) is 4.55 Å². The summed E-state index contributed by atoms with van der Waals surface area (Å²) >= 11 is 0. The minimum atomic E-state index is -4.57. The molecule has 2 rings (SSSR count). The molecule has 1 atom stereocenters. The standard InChI is InChI=1S/C14H12N2O7S/c1-9-6-7-10(24(21,22)23)8-12(9)14(16(19)20)11-4-2-3-5-13(11)15(17)18/h2-8,14H,1H3,(H,21,22,23). The highest BCUT2D eigenvalue weighted by Crippen LogP contribution is 2.34. The molecule has 0 aromatic heterocycles. The molecule has 2 aromatic rings. The van der Waals surface area contributed by atoms with Gasteiger partial charge in [-0.2, -0.15) is 8.42 Å². The van der Waals surface area contributed by atoms with Crippen molar-refractivity contribution in [1.82, 2.24) is 0 Å². The summed E-state index contributed by atoms with van der Waals surface area (Å²) in [4.78, 5) is 20.7. The topological polar surface area (TPSA) is 141 Å². The van der Waals surface area contributed by atoms with Gasteiger partial charge in [-0.05, 0) is 30.7 Å². The number of nitro benzene ring substituents is 1. The van der Waals surface area contributed by atoms with Crippen LogP contribution in [0.2, 0.25) is 0 Å². The molecule has 126 valence electrons. The van der Waals surface area contributed by atoms with Crippen molar-refractivity contribution < 1.29 is 22.8 Å². The molecule has 0 amide bonds. The number of nitro groups is 2. The van der Waals surface area contributed by atoms with Gasteiger partial charge in [0.1, 0.15) is 5.56 Å². The Morgan fingerprint density at radius 1 is 1.04 bits per heavy atom. The summed E-state index contributed by atoms with van der Waals surface area (Å²) in [5.74, 6) is 0. The highest BCUT2D eigenvalue weighted by molar-refractivity contribution is 7.85. The lowest BCUT2D eigenvalue weighted by Crippen LogP contribution is -2.16. The Balaban J connectivity index is 2.75. The smallest absolute Gasteiger partial charge is 0.282 e. The van der Waals surface area contributed by atoms with Gasteiger partial charge in [0, 0.05) is 16.6 Å². The molecule has 1 unspecified atom stereocenters. The number of nitrogens with zero attached hydrogens (tertiary/aromatic N) is 2. The minimum absolute atomic E-state index is 0.0515. The van der Waals surface area contributed by atoms with Crippen molar-refractivity contribution in [2.45, 2.75) is 17.9 Å². The van der Waals surface area contributed by atoms with Crippen molar-refractivity contribution in [3.8, 4) is 0 Å². The molecule has 2 aromatic carbocycles. The van der Waals surface area contributed by atoms with Crippen LogP contribution in [0, 0.1) is 27.2 Å². The Morgan fingerprint density at radius 3 is 2.21 bits per heavy atom. The quantitative estimate of drug-likeness (QED) is 0.495. The molecule has 24 heavy (non-hydrogen) atoms. The normalized spacial score (nSPS) is 12.6. The zero-order chi connectivity index (χ0) is 18.1. The molecule has 0 spiro atoms. The van der Waals surface area contributed by atoms with E-state index in [2.05, 4.69) is 0 Å². The molecule has 0 radical (unpaired) electrons. The molecule has 1 N–H and O–H groups in total. The van der Waals surface area contributed by atoms with Gasteiger partial charge >= 0.3 is 0 Å². The Labute approximate surface area is 136 Å². The SMILES string of the molecule is Cc1ccc(S(=O)(=O)O)cc1C(c1ccccc1[N+](=O)[O-])[N+](=O)[O-]. The highest BCUT2D eigenvalue weighted by Gasteiger charge is 2.34. The van der Waals surface area contributed by atoms with Gasteiger partial charge in [0.05, 0.1) is 9.82 Å². The van der Waals surface area contributed by atoms with Gasteiger partial charge in [0.2, 0.25) is 0 Å². The average molecular weight is 352 g/mol. The Bertz CT molecular complexity index is 924. The zero-order valence-corrected chi connectivity index (χ0v) is 13.1. The first-order valence-electron chi connectivity index (χ1n) is 6.57. The lowest BCUT2D eigenvalue weighted by Gasteiger charge is -2.13. The van der Waals surface area contributed by atoms with Crippen LogP contribution in [0.4, 0.5) is 5.69 Å². The van der Waals surface area contributed by atoms with Gasteiger partial charge in [-0.15, -0.1) is 0 Å². The summed E-state index contributed by atoms with van der Waals surface area (Å²) in [5, 5.41) is 22.7.